The first-order chi connectivity index (χ1) is 15.2. The number of benzene rings is 1. The van der Waals surface area contributed by atoms with Crippen molar-refractivity contribution >= 4 is 28.4 Å². The Morgan fingerprint density at radius 1 is 1.38 bits per heavy atom. The van der Waals surface area contributed by atoms with Crippen molar-refractivity contribution in [2.45, 2.75) is 70.4 Å². The molecule has 1 aromatic carbocycles. The van der Waals surface area contributed by atoms with Crippen molar-refractivity contribution in [2.24, 2.45) is 5.92 Å². The smallest absolute Gasteiger partial charge is 0.404 e. The first-order valence-corrected chi connectivity index (χ1v) is 12.7. The molecule has 9 heteroatoms. The number of H-pyrrole nitrogens is 1. The summed E-state index contributed by atoms with van der Waals surface area (Å²) in [6, 6.07) is 7.99. The molecule has 1 aromatic heterocycles. The molecule has 1 aliphatic heterocycles. The Labute approximate surface area is 193 Å². The monoisotopic (exact) mass is 464 g/mol. The molecule has 3 unspecified atom stereocenters. The van der Waals surface area contributed by atoms with Crippen molar-refractivity contribution in [1.82, 2.24) is 15.5 Å². The number of amides is 1. The number of aromatic amines is 1. The molecule has 32 heavy (non-hydrogen) atoms. The molecule has 2 heterocycles. The minimum absolute atomic E-state index is 0.0255. The van der Waals surface area contributed by atoms with Gasteiger partial charge in [0, 0.05) is 35.6 Å². The van der Waals surface area contributed by atoms with E-state index in [4.69, 9.17) is 9.84 Å². The molecule has 0 radical (unpaired) electrons. The lowest BCUT2D eigenvalue weighted by atomic mass is 9.97. The van der Waals surface area contributed by atoms with E-state index in [1.807, 2.05) is 24.3 Å². The zero-order chi connectivity index (χ0) is 23.7. The average Bonchev–Trinajstić information content (AvgIpc) is 3.40. The molecule has 4 N–H and O–H groups in total. The second kappa shape index (κ2) is 12.6. The van der Waals surface area contributed by atoms with Crippen LogP contribution in [0.2, 0.25) is 0 Å². The Morgan fingerprint density at radius 3 is 2.66 bits per heavy atom. The summed E-state index contributed by atoms with van der Waals surface area (Å²) in [6.07, 6.45) is 5.02. The van der Waals surface area contributed by atoms with Crippen molar-refractivity contribution in [2.75, 3.05) is 18.2 Å². The molecule has 3 rings (SSSR count). The molecule has 3 atom stereocenters. The van der Waals surface area contributed by atoms with Gasteiger partial charge in [0.2, 0.25) is 0 Å². The van der Waals surface area contributed by atoms with Gasteiger partial charge in [-0.2, -0.15) is 5.10 Å². The van der Waals surface area contributed by atoms with Gasteiger partial charge in [0.05, 0.1) is 22.6 Å². The lowest BCUT2D eigenvalue weighted by Crippen LogP contribution is -2.27. The summed E-state index contributed by atoms with van der Waals surface area (Å²) in [5, 5.41) is 21.1. The standard InChI is InChI=1S/C19H27N3O2S.C4H9NO2/c1-4-13(2)11-14-15(7-5-9-18(14)25(3)23)20-19-12-16(21-22-19)17-8-6-10-24-17;1-3(2)5-4(6)7/h5,7,9,12-13,17H,4,6,8,10-11H2,1-3H3,(H2,20,21,22);3,5H,1-2H3,(H,6,7). The van der Waals surface area contributed by atoms with E-state index in [9.17, 15) is 9.00 Å². The quantitative estimate of drug-likeness (QED) is 0.437. The molecular formula is C23H36N4O4S. The Morgan fingerprint density at radius 2 is 2.12 bits per heavy atom. The molecule has 0 bridgehead atoms. The highest BCUT2D eigenvalue weighted by Gasteiger charge is 2.20. The van der Waals surface area contributed by atoms with Gasteiger partial charge in [0.1, 0.15) is 0 Å². The van der Waals surface area contributed by atoms with E-state index >= 15 is 0 Å². The lowest BCUT2D eigenvalue weighted by molar-refractivity contribution is 0.108. The molecule has 1 fully saturated rings. The molecule has 0 spiro atoms. The Bertz CT molecular complexity index is 894. The van der Waals surface area contributed by atoms with Crippen molar-refractivity contribution in [3.8, 4) is 0 Å². The van der Waals surface area contributed by atoms with E-state index in [1.54, 1.807) is 20.1 Å². The van der Waals surface area contributed by atoms with Gasteiger partial charge in [-0.25, -0.2) is 4.79 Å². The Balaban J connectivity index is 0.000000451. The number of nitrogens with one attached hydrogen (secondary N) is 3. The van der Waals surface area contributed by atoms with Crippen LogP contribution in [0, 0.1) is 5.92 Å². The van der Waals surface area contributed by atoms with Crippen LogP contribution in [-0.2, 0) is 22.0 Å². The number of nitrogens with zero attached hydrogens (tertiary/aromatic N) is 1. The van der Waals surface area contributed by atoms with Crippen molar-refractivity contribution in [3.05, 3.63) is 35.5 Å². The number of carbonyl (C=O) groups is 1. The van der Waals surface area contributed by atoms with Crippen LogP contribution >= 0.6 is 0 Å². The molecular weight excluding hydrogens is 428 g/mol. The number of anilines is 2. The highest BCUT2D eigenvalue weighted by molar-refractivity contribution is 7.84. The molecule has 178 valence electrons. The number of aromatic nitrogens is 2. The number of ether oxygens (including phenoxy) is 1. The van der Waals surface area contributed by atoms with Crippen LogP contribution in [0.25, 0.3) is 0 Å². The van der Waals surface area contributed by atoms with Crippen LogP contribution in [-0.4, -0.2) is 44.5 Å². The van der Waals surface area contributed by atoms with Crippen LogP contribution in [0.4, 0.5) is 16.3 Å². The van der Waals surface area contributed by atoms with Gasteiger partial charge in [-0.15, -0.1) is 0 Å². The third-order valence-electron chi connectivity index (χ3n) is 5.24. The fraction of sp³-hybridized carbons (Fsp3) is 0.565. The summed E-state index contributed by atoms with van der Waals surface area (Å²) in [7, 11) is -1.01. The van der Waals surface area contributed by atoms with E-state index in [1.165, 1.54) is 0 Å². The van der Waals surface area contributed by atoms with Gasteiger partial charge in [-0.05, 0) is 56.7 Å². The summed E-state index contributed by atoms with van der Waals surface area (Å²) in [4.78, 5) is 10.6. The van der Waals surface area contributed by atoms with E-state index < -0.39 is 16.9 Å². The van der Waals surface area contributed by atoms with Crippen molar-refractivity contribution in [1.29, 1.82) is 0 Å². The number of carboxylic acid groups (broad SMARTS) is 1. The van der Waals surface area contributed by atoms with Gasteiger partial charge < -0.3 is 20.5 Å². The van der Waals surface area contributed by atoms with Crippen LogP contribution in [0.1, 0.15) is 64.3 Å². The van der Waals surface area contributed by atoms with E-state index in [0.717, 1.165) is 59.9 Å². The van der Waals surface area contributed by atoms with Crippen LogP contribution in [0.15, 0.2) is 29.2 Å². The summed E-state index contributed by atoms with van der Waals surface area (Å²) in [6.45, 7) is 8.77. The molecule has 0 aliphatic carbocycles. The molecule has 1 saturated heterocycles. The summed E-state index contributed by atoms with van der Waals surface area (Å²) in [5.74, 6) is 1.31. The fourth-order valence-electron chi connectivity index (χ4n) is 3.43. The third-order valence-corrected chi connectivity index (χ3v) is 6.24. The van der Waals surface area contributed by atoms with Gasteiger partial charge >= 0.3 is 6.09 Å². The number of hydrogen-bond donors (Lipinski definition) is 4. The zero-order valence-electron chi connectivity index (χ0n) is 19.6. The fourth-order valence-corrected chi connectivity index (χ4v) is 4.24. The predicted octanol–water partition coefficient (Wildman–Crippen LogP) is 4.99. The SMILES string of the molecule is CC(C)NC(=O)O.CCC(C)Cc1c(Nc2cc(C3CCCO3)[nH]n2)cccc1S(C)=O. The number of rotatable bonds is 8. The normalized spacial score (nSPS) is 17.4. The minimum atomic E-state index is -1.01. The predicted molar refractivity (Wildman–Crippen MR) is 128 cm³/mol. The van der Waals surface area contributed by atoms with Gasteiger partial charge in [-0.1, -0.05) is 26.3 Å². The Hall–Kier alpha value is -2.39. The molecule has 2 aromatic rings. The van der Waals surface area contributed by atoms with Crippen LogP contribution in [0.3, 0.4) is 0 Å². The summed E-state index contributed by atoms with van der Waals surface area (Å²) >= 11 is 0. The summed E-state index contributed by atoms with van der Waals surface area (Å²) in [5.41, 5.74) is 3.12. The van der Waals surface area contributed by atoms with E-state index in [2.05, 4.69) is 34.7 Å². The maximum absolute atomic E-state index is 12.2. The van der Waals surface area contributed by atoms with Crippen LogP contribution in [0.5, 0.6) is 0 Å². The zero-order valence-corrected chi connectivity index (χ0v) is 20.4. The second-order valence-electron chi connectivity index (χ2n) is 8.39. The first kappa shape index (κ1) is 25.9. The molecule has 0 saturated carbocycles. The average molecular weight is 465 g/mol. The highest BCUT2D eigenvalue weighted by Crippen LogP contribution is 2.31. The second-order valence-corrected chi connectivity index (χ2v) is 9.74. The van der Waals surface area contributed by atoms with Crippen LogP contribution < -0.4 is 10.6 Å². The largest absolute Gasteiger partial charge is 0.465 e. The third kappa shape index (κ3) is 7.94. The van der Waals surface area contributed by atoms with Gasteiger partial charge in [0.15, 0.2) is 5.82 Å². The maximum atomic E-state index is 12.2. The van der Waals surface area contributed by atoms with Crippen molar-refractivity contribution < 1.29 is 18.8 Å². The maximum Gasteiger partial charge on any atom is 0.404 e. The topological polar surface area (TPSA) is 116 Å². The molecule has 1 aliphatic rings. The van der Waals surface area contributed by atoms with E-state index in [-0.39, 0.29) is 12.1 Å². The first-order valence-electron chi connectivity index (χ1n) is 11.1. The lowest BCUT2D eigenvalue weighted by Gasteiger charge is -2.17. The summed E-state index contributed by atoms with van der Waals surface area (Å²) < 4.78 is 17.9. The Kier molecular flexibility index (Phi) is 10.2. The molecule has 8 nitrogen and oxygen atoms in total. The minimum Gasteiger partial charge on any atom is -0.465 e. The van der Waals surface area contributed by atoms with Gasteiger partial charge in [0.25, 0.3) is 0 Å². The van der Waals surface area contributed by atoms with E-state index in [0.29, 0.717) is 5.92 Å². The van der Waals surface area contributed by atoms with Crippen molar-refractivity contribution in [3.63, 3.8) is 0 Å². The van der Waals surface area contributed by atoms with Gasteiger partial charge in [-0.3, -0.25) is 9.31 Å². The number of hydrogen-bond acceptors (Lipinski definition) is 5. The molecule has 1 amide bonds. The highest BCUT2D eigenvalue weighted by atomic mass is 32.2.